The van der Waals surface area contributed by atoms with Gasteiger partial charge in [0, 0.05) is 24.7 Å². The Morgan fingerprint density at radius 2 is 1.79 bits per heavy atom. The second-order valence-electron chi connectivity index (χ2n) is 7.92. The van der Waals surface area contributed by atoms with Gasteiger partial charge in [0.05, 0.1) is 18.1 Å². The second kappa shape index (κ2) is 10.4. The van der Waals surface area contributed by atoms with E-state index in [9.17, 15) is 14.9 Å². The lowest BCUT2D eigenvalue weighted by Gasteiger charge is -2.28. The average molecular weight is 466 g/mol. The maximum atomic E-state index is 12.5. The third-order valence-corrected chi connectivity index (χ3v) is 5.61. The minimum atomic E-state index is -0.621. The van der Waals surface area contributed by atoms with Crippen molar-refractivity contribution >= 4 is 29.3 Å². The van der Waals surface area contributed by atoms with Crippen molar-refractivity contribution in [1.29, 1.82) is 0 Å². The van der Waals surface area contributed by atoms with Crippen LogP contribution in [0.2, 0.25) is 0 Å². The Morgan fingerprint density at radius 3 is 2.50 bits per heavy atom. The third kappa shape index (κ3) is 5.03. The molecule has 0 aliphatic carbocycles. The number of carbonyl (C=O) groups excluding carboxylic acids is 1. The Labute approximate surface area is 197 Å². The number of esters is 1. The number of ether oxygens (including phenoxy) is 3. The molecular weight excluding hydrogens is 438 g/mol. The number of cyclic esters (lactones) is 1. The molecule has 2 aliphatic rings. The van der Waals surface area contributed by atoms with Gasteiger partial charge in [-0.25, -0.2) is 9.79 Å². The van der Waals surface area contributed by atoms with Crippen molar-refractivity contribution in [3.8, 4) is 11.5 Å². The second-order valence-corrected chi connectivity index (χ2v) is 7.92. The number of benzene rings is 2. The van der Waals surface area contributed by atoms with Crippen molar-refractivity contribution in [2.75, 3.05) is 31.2 Å². The number of nitrogens with zero attached hydrogens (tertiary/aromatic N) is 3. The molecule has 0 amide bonds. The maximum absolute atomic E-state index is 12.5. The number of nitro benzene ring substituents is 1. The Bertz CT molecular complexity index is 1150. The minimum Gasteiger partial charge on any atom is -0.490 e. The normalized spacial score (nSPS) is 16.9. The minimum absolute atomic E-state index is 0.0136. The highest BCUT2D eigenvalue weighted by atomic mass is 16.6. The number of carbonyl (C=O) groups is 1. The first-order valence-corrected chi connectivity index (χ1v) is 11.5. The van der Waals surface area contributed by atoms with Crippen LogP contribution >= 0.6 is 0 Å². The van der Waals surface area contributed by atoms with E-state index in [1.807, 2.05) is 18.7 Å². The van der Waals surface area contributed by atoms with Crippen molar-refractivity contribution in [1.82, 2.24) is 0 Å². The van der Waals surface area contributed by atoms with E-state index < -0.39 is 5.97 Å². The Morgan fingerprint density at radius 1 is 1.06 bits per heavy atom. The number of nitro groups is 1. The van der Waals surface area contributed by atoms with Crippen LogP contribution in [0.4, 0.5) is 11.4 Å². The zero-order valence-corrected chi connectivity index (χ0v) is 19.3. The summed E-state index contributed by atoms with van der Waals surface area (Å²) < 4.78 is 16.6. The van der Waals surface area contributed by atoms with Crippen LogP contribution in [-0.2, 0) is 9.53 Å². The van der Waals surface area contributed by atoms with Crippen LogP contribution < -0.4 is 14.4 Å². The van der Waals surface area contributed by atoms with Gasteiger partial charge in [-0.2, -0.15) is 0 Å². The highest BCUT2D eigenvalue weighted by Crippen LogP contribution is 2.33. The van der Waals surface area contributed by atoms with Crippen LogP contribution in [0, 0.1) is 10.1 Å². The lowest BCUT2D eigenvalue weighted by molar-refractivity contribution is -0.384. The van der Waals surface area contributed by atoms with E-state index in [1.54, 1.807) is 30.3 Å². The molecule has 4 rings (SSSR count). The molecule has 0 unspecified atom stereocenters. The Kier molecular flexibility index (Phi) is 7.10. The van der Waals surface area contributed by atoms with Crippen molar-refractivity contribution < 1.29 is 23.9 Å². The van der Waals surface area contributed by atoms with Crippen molar-refractivity contribution in [2.45, 2.75) is 33.1 Å². The number of piperidine rings is 1. The van der Waals surface area contributed by atoms with E-state index in [-0.39, 0.29) is 22.2 Å². The zero-order chi connectivity index (χ0) is 24.1. The fourth-order valence-corrected chi connectivity index (χ4v) is 4.05. The molecule has 0 spiro atoms. The highest BCUT2D eigenvalue weighted by molar-refractivity contribution is 6.13. The summed E-state index contributed by atoms with van der Waals surface area (Å²) in [4.78, 5) is 30.2. The van der Waals surface area contributed by atoms with E-state index in [0.717, 1.165) is 32.4 Å². The molecule has 1 saturated heterocycles. The summed E-state index contributed by atoms with van der Waals surface area (Å²) >= 11 is 0. The van der Waals surface area contributed by atoms with E-state index in [2.05, 4.69) is 4.99 Å². The van der Waals surface area contributed by atoms with Crippen molar-refractivity contribution in [3.63, 3.8) is 0 Å². The highest BCUT2D eigenvalue weighted by Gasteiger charge is 2.26. The first-order chi connectivity index (χ1) is 16.5. The topological polar surface area (TPSA) is 104 Å². The molecule has 2 aromatic carbocycles. The van der Waals surface area contributed by atoms with Crippen molar-refractivity contribution in [2.24, 2.45) is 4.99 Å². The summed E-state index contributed by atoms with van der Waals surface area (Å²) in [6.07, 6.45) is 4.67. The third-order valence-electron chi connectivity index (χ3n) is 5.61. The molecular formula is C25H27N3O6. The van der Waals surface area contributed by atoms with Crippen LogP contribution in [0.3, 0.4) is 0 Å². The summed E-state index contributed by atoms with van der Waals surface area (Å²) in [5.74, 6) is 0.640. The molecule has 0 aromatic heterocycles. The van der Waals surface area contributed by atoms with Gasteiger partial charge in [0.15, 0.2) is 17.2 Å². The summed E-state index contributed by atoms with van der Waals surface area (Å²) in [5, 5.41) is 11.7. The largest absolute Gasteiger partial charge is 0.490 e. The quantitative estimate of drug-likeness (QED) is 0.240. The van der Waals surface area contributed by atoms with Crippen LogP contribution in [0.1, 0.15) is 44.2 Å². The predicted molar refractivity (Wildman–Crippen MR) is 129 cm³/mol. The molecule has 9 nitrogen and oxygen atoms in total. The maximum Gasteiger partial charge on any atom is 0.363 e. The number of anilines is 1. The summed E-state index contributed by atoms with van der Waals surface area (Å²) in [5.41, 5.74) is 1.76. The number of aliphatic imine (C=N–C) groups is 1. The molecule has 34 heavy (non-hydrogen) atoms. The summed E-state index contributed by atoms with van der Waals surface area (Å²) in [6.45, 7) is 6.29. The number of rotatable bonds is 8. The SMILES string of the molecule is CCOc1ccc(C2=NC(=Cc3ccc(N4CCCCC4)c([N+](=O)[O-])c3)C(=O)O2)cc1OCC. The molecule has 0 N–H and O–H groups in total. The molecule has 2 aromatic rings. The molecule has 0 saturated carbocycles. The molecule has 2 aliphatic heterocycles. The van der Waals surface area contributed by atoms with Gasteiger partial charge in [0.25, 0.3) is 5.69 Å². The van der Waals surface area contributed by atoms with E-state index in [0.29, 0.717) is 41.5 Å². The zero-order valence-electron chi connectivity index (χ0n) is 19.3. The molecule has 0 bridgehead atoms. The predicted octanol–water partition coefficient (Wildman–Crippen LogP) is 4.73. The summed E-state index contributed by atoms with van der Waals surface area (Å²) in [7, 11) is 0. The fourth-order valence-electron chi connectivity index (χ4n) is 4.05. The fraction of sp³-hybridized carbons (Fsp3) is 0.360. The molecule has 1 fully saturated rings. The van der Waals surface area contributed by atoms with Crippen LogP contribution in [0.15, 0.2) is 47.1 Å². The van der Waals surface area contributed by atoms with Crippen LogP contribution in [-0.4, -0.2) is 43.1 Å². The number of hydrogen-bond acceptors (Lipinski definition) is 8. The van der Waals surface area contributed by atoms with E-state index in [1.165, 1.54) is 12.1 Å². The first kappa shape index (κ1) is 23.3. The molecule has 0 radical (unpaired) electrons. The van der Waals surface area contributed by atoms with Gasteiger partial charge in [-0.15, -0.1) is 0 Å². The lowest BCUT2D eigenvalue weighted by atomic mass is 10.1. The Balaban J connectivity index is 1.63. The van der Waals surface area contributed by atoms with Gasteiger partial charge in [-0.1, -0.05) is 6.07 Å². The smallest absolute Gasteiger partial charge is 0.363 e. The van der Waals surface area contributed by atoms with Gasteiger partial charge >= 0.3 is 5.97 Å². The van der Waals surface area contributed by atoms with E-state index in [4.69, 9.17) is 14.2 Å². The standard InChI is InChI=1S/C25H27N3O6/c1-3-32-22-11-9-18(16-23(22)33-4-2)24-26-19(25(29)34-24)14-17-8-10-20(21(15-17)28(30)31)27-12-6-5-7-13-27/h8-11,14-16H,3-7,12-13H2,1-2H3. The van der Waals surface area contributed by atoms with E-state index >= 15 is 0 Å². The van der Waals surface area contributed by atoms with Gasteiger partial charge in [0.1, 0.15) is 5.69 Å². The van der Waals surface area contributed by atoms with Gasteiger partial charge < -0.3 is 19.1 Å². The Hall–Kier alpha value is -3.88. The monoisotopic (exact) mass is 465 g/mol. The van der Waals surface area contributed by atoms with Crippen molar-refractivity contribution in [3.05, 3.63) is 63.3 Å². The summed E-state index contributed by atoms with van der Waals surface area (Å²) in [6, 6.07) is 10.2. The number of hydrogen-bond donors (Lipinski definition) is 0. The molecule has 2 heterocycles. The van der Waals surface area contributed by atoms with Crippen LogP contribution in [0.5, 0.6) is 11.5 Å². The van der Waals surface area contributed by atoms with Gasteiger partial charge in [-0.3, -0.25) is 10.1 Å². The van der Waals surface area contributed by atoms with Crippen LogP contribution in [0.25, 0.3) is 6.08 Å². The van der Waals surface area contributed by atoms with Gasteiger partial charge in [-0.05, 0) is 69.0 Å². The van der Waals surface area contributed by atoms with Gasteiger partial charge in [0.2, 0.25) is 5.90 Å². The first-order valence-electron chi connectivity index (χ1n) is 11.5. The average Bonchev–Trinajstić information content (AvgIpc) is 3.21. The lowest BCUT2D eigenvalue weighted by Crippen LogP contribution is -2.29. The molecule has 9 heteroatoms. The molecule has 178 valence electrons. The molecule has 0 atom stereocenters.